The maximum atomic E-state index is 8.57. The maximum Gasteiger partial charge on any atom is 0.130 e. The summed E-state index contributed by atoms with van der Waals surface area (Å²) in [4.78, 5) is 0. The van der Waals surface area contributed by atoms with Crippen molar-refractivity contribution < 1.29 is 4.74 Å². The molecule has 1 aromatic rings. The minimum absolute atomic E-state index is 0.106. The largest absolute Gasteiger partial charge is 0.380 e. The molecule has 0 bridgehead atoms. The summed E-state index contributed by atoms with van der Waals surface area (Å²) in [6.07, 6.45) is 1.55. The summed E-state index contributed by atoms with van der Waals surface area (Å²) >= 11 is 0. The Morgan fingerprint density at radius 3 is 2.33 bits per heavy atom. The zero-order valence-corrected chi connectivity index (χ0v) is 8.40. The van der Waals surface area contributed by atoms with Gasteiger partial charge in [-0.1, -0.05) is 24.3 Å². The minimum atomic E-state index is 0.106. The molecule has 0 saturated heterocycles. The van der Waals surface area contributed by atoms with Crippen LogP contribution < -0.4 is 0 Å². The molecule has 3 heteroatoms. The Kier molecular flexibility index (Phi) is 4.09. The summed E-state index contributed by atoms with van der Waals surface area (Å²) < 4.78 is 4.97. The summed E-state index contributed by atoms with van der Waals surface area (Å²) in [5.74, 6) is 0. The number of nitrogens with zero attached hydrogens (tertiary/aromatic N) is 2. The fourth-order valence-corrected chi connectivity index (χ4v) is 1.13. The number of hydrogen-bond donors (Lipinski definition) is 0. The van der Waals surface area contributed by atoms with Gasteiger partial charge in [-0.25, -0.2) is 0 Å². The van der Waals surface area contributed by atoms with E-state index in [1.54, 1.807) is 13.2 Å². The van der Waals surface area contributed by atoms with Crippen LogP contribution in [0.5, 0.6) is 0 Å². The van der Waals surface area contributed by atoms with Gasteiger partial charge in [-0.15, -0.1) is 0 Å². The average molecular weight is 198 g/mol. The van der Waals surface area contributed by atoms with Crippen LogP contribution in [0.4, 0.5) is 0 Å². The van der Waals surface area contributed by atoms with Crippen molar-refractivity contribution in [2.45, 2.75) is 6.61 Å². The lowest BCUT2D eigenvalue weighted by Gasteiger charge is -1.99. The Balaban J connectivity index is 2.87. The van der Waals surface area contributed by atoms with Crippen LogP contribution in [0.25, 0.3) is 6.08 Å². The predicted molar refractivity (Wildman–Crippen MR) is 56.4 cm³/mol. The van der Waals surface area contributed by atoms with Crippen molar-refractivity contribution in [2.24, 2.45) is 0 Å². The molecule has 0 unspecified atom stereocenters. The second kappa shape index (κ2) is 5.59. The van der Waals surface area contributed by atoms with Gasteiger partial charge in [0.2, 0.25) is 0 Å². The summed E-state index contributed by atoms with van der Waals surface area (Å²) in [5.41, 5.74) is 2.01. The van der Waals surface area contributed by atoms with Gasteiger partial charge in [0.25, 0.3) is 0 Å². The highest BCUT2D eigenvalue weighted by Gasteiger charge is 1.95. The molecule has 1 aromatic carbocycles. The van der Waals surface area contributed by atoms with E-state index in [4.69, 9.17) is 15.3 Å². The molecular weight excluding hydrogens is 188 g/mol. The van der Waals surface area contributed by atoms with Crippen LogP contribution in [0.1, 0.15) is 11.1 Å². The standard InChI is InChI=1S/C12H10N2O/c1-15-9-11-4-2-10(3-5-11)6-12(7-13)8-14/h2-6H,9H2,1H3. The van der Waals surface area contributed by atoms with E-state index in [2.05, 4.69) is 0 Å². The van der Waals surface area contributed by atoms with Crippen molar-refractivity contribution in [1.29, 1.82) is 10.5 Å². The van der Waals surface area contributed by atoms with Crippen molar-refractivity contribution >= 4 is 6.08 Å². The van der Waals surface area contributed by atoms with E-state index < -0.39 is 0 Å². The maximum absolute atomic E-state index is 8.57. The Bertz CT molecular complexity index is 416. The van der Waals surface area contributed by atoms with Crippen molar-refractivity contribution in [2.75, 3.05) is 7.11 Å². The molecule has 0 aliphatic carbocycles. The number of rotatable bonds is 3. The predicted octanol–water partition coefficient (Wildman–Crippen LogP) is 2.26. The second-order valence-electron chi connectivity index (χ2n) is 2.96. The van der Waals surface area contributed by atoms with Gasteiger partial charge in [-0.3, -0.25) is 0 Å². The molecule has 0 heterocycles. The van der Waals surface area contributed by atoms with Crippen LogP contribution in [-0.2, 0) is 11.3 Å². The smallest absolute Gasteiger partial charge is 0.130 e. The molecule has 0 aromatic heterocycles. The Labute approximate surface area is 88.8 Å². The highest BCUT2D eigenvalue weighted by atomic mass is 16.5. The number of allylic oxidation sites excluding steroid dienone is 1. The van der Waals surface area contributed by atoms with Crippen LogP contribution in [0.2, 0.25) is 0 Å². The Hall–Kier alpha value is -2.10. The Morgan fingerprint density at radius 2 is 1.87 bits per heavy atom. The summed E-state index contributed by atoms with van der Waals surface area (Å²) in [5, 5.41) is 17.1. The van der Waals surface area contributed by atoms with Crippen LogP contribution in [0.15, 0.2) is 29.8 Å². The SMILES string of the molecule is COCc1ccc(C=C(C#N)C#N)cc1. The van der Waals surface area contributed by atoms with Gasteiger partial charge in [-0.05, 0) is 17.2 Å². The van der Waals surface area contributed by atoms with Crippen molar-refractivity contribution in [1.82, 2.24) is 0 Å². The van der Waals surface area contributed by atoms with Gasteiger partial charge in [-0.2, -0.15) is 10.5 Å². The first-order valence-electron chi connectivity index (χ1n) is 4.40. The third-order valence-electron chi connectivity index (χ3n) is 1.84. The van der Waals surface area contributed by atoms with E-state index in [-0.39, 0.29) is 5.57 Å². The number of ether oxygens (including phenoxy) is 1. The molecule has 0 amide bonds. The molecule has 0 aliphatic heterocycles. The second-order valence-corrected chi connectivity index (χ2v) is 2.96. The molecule has 0 aliphatic rings. The first-order chi connectivity index (χ1) is 7.30. The van der Waals surface area contributed by atoms with E-state index in [0.717, 1.165) is 11.1 Å². The number of hydrogen-bond acceptors (Lipinski definition) is 3. The third-order valence-corrected chi connectivity index (χ3v) is 1.84. The average Bonchev–Trinajstić information content (AvgIpc) is 2.28. The number of methoxy groups -OCH3 is 1. The summed E-state index contributed by atoms with van der Waals surface area (Å²) in [7, 11) is 1.64. The van der Waals surface area contributed by atoms with Crippen LogP contribution in [0.3, 0.4) is 0 Å². The van der Waals surface area contributed by atoms with Gasteiger partial charge >= 0.3 is 0 Å². The monoisotopic (exact) mass is 198 g/mol. The minimum Gasteiger partial charge on any atom is -0.380 e. The molecule has 0 saturated carbocycles. The van der Waals surface area contributed by atoms with Gasteiger partial charge < -0.3 is 4.74 Å². The van der Waals surface area contributed by atoms with Crippen LogP contribution in [0, 0.1) is 22.7 Å². The van der Waals surface area contributed by atoms with Gasteiger partial charge in [0.05, 0.1) is 6.61 Å². The topological polar surface area (TPSA) is 56.8 Å². The first kappa shape index (κ1) is 11.0. The molecule has 74 valence electrons. The fraction of sp³-hybridized carbons (Fsp3) is 0.167. The fourth-order valence-electron chi connectivity index (χ4n) is 1.13. The van der Waals surface area contributed by atoms with Crippen molar-refractivity contribution in [3.63, 3.8) is 0 Å². The molecular formula is C12H10N2O. The molecule has 3 nitrogen and oxygen atoms in total. The zero-order valence-electron chi connectivity index (χ0n) is 8.40. The van der Waals surface area contributed by atoms with E-state index in [1.807, 2.05) is 36.4 Å². The van der Waals surface area contributed by atoms with Gasteiger partial charge in [0.1, 0.15) is 17.7 Å². The van der Waals surface area contributed by atoms with Gasteiger partial charge in [0.15, 0.2) is 0 Å². The van der Waals surface area contributed by atoms with Crippen molar-refractivity contribution in [3.8, 4) is 12.1 Å². The number of nitriles is 2. The lowest BCUT2D eigenvalue weighted by atomic mass is 10.1. The quantitative estimate of drug-likeness (QED) is 0.700. The molecule has 0 N–H and O–H groups in total. The van der Waals surface area contributed by atoms with E-state index >= 15 is 0 Å². The highest BCUT2D eigenvalue weighted by Crippen LogP contribution is 2.09. The summed E-state index contributed by atoms with van der Waals surface area (Å²) in [6, 6.07) is 11.1. The van der Waals surface area contributed by atoms with E-state index in [9.17, 15) is 0 Å². The highest BCUT2D eigenvalue weighted by molar-refractivity contribution is 5.61. The Morgan fingerprint density at radius 1 is 1.27 bits per heavy atom. The van der Waals surface area contributed by atoms with Gasteiger partial charge in [0, 0.05) is 7.11 Å². The lowest BCUT2D eigenvalue weighted by Crippen LogP contribution is -1.86. The van der Waals surface area contributed by atoms with E-state index in [1.165, 1.54) is 0 Å². The molecule has 0 spiro atoms. The van der Waals surface area contributed by atoms with Crippen molar-refractivity contribution in [3.05, 3.63) is 41.0 Å². The normalized spacial score (nSPS) is 8.73. The van der Waals surface area contributed by atoms with Crippen LogP contribution >= 0.6 is 0 Å². The molecule has 0 radical (unpaired) electrons. The van der Waals surface area contributed by atoms with Crippen LogP contribution in [-0.4, -0.2) is 7.11 Å². The third kappa shape index (κ3) is 3.27. The zero-order chi connectivity index (χ0) is 11.1. The summed E-state index contributed by atoms with van der Waals surface area (Å²) in [6.45, 7) is 0.563. The first-order valence-corrected chi connectivity index (χ1v) is 4.40. The molecule has 0 fully saturated rings. The molecule has 0 atom stereocenters. The van der Waals surface area contributed by atoms with E-state index in [0.29, 0.717) is 6.61 Å². The number of benzene rings is 1. The molecule has 15 heavy (non-hydrogen) atoms. The lowest BCUT2D eigenvalue weighted by molar-refractivity contribution is 0.185. The molecule has 1 rings (SSSR count).